The lowest BCUT2D eigenvalue weighted by Gasteiger charge is -2.30. The molecule has 1 atom stereocenters. The van der Waals surface area contributed by atoms with Crippen molar-refractivity contribution in [3.63, 3.8) is 0 Å². The molecular formula is C32H36N2O8S. The van der Waals surface area contributed by atoms with E-state index in [4.69, 9.17) is 14.2 Å². The van der Waals surface area contributed by atoms with Gasteiger partial charge in [-0.25, -0.2) is 18.0 Å². The minimum absolute atomic E-state index is 0.142. The number of rotatable bonds is 13. The van der Waals surface area contributed by atoms with Gasteiger partial charge in [-0.2, -0.15) is 0 Å². The smallest absolute Gasteiger partial charge is 0.338 e. The van der Waals surface area contributed by atoms with Crippen molar-refractivity contribution in [2.24, 2.45) is 0 Å². The maximum Gasteiger partial charge on any atom is 0.338 e. The van der Waals surface area contributed by atoms with Gasteiger partial charge in [0.1, 0.15) is 23.3 Å². The number of amides is 1. The zero-order valence-corrected chi connectivity index (χ0v) is 25.3. The molecule has 0 aliphatic carbocycles. The predicted molar refractivity (Wildman–Crippen MR) is 162 cm³/mol. The van der Waals surface area contributed by atoms with E-state index in [0.717, 1.165) is 11.1 Å². The Labute approximate surface area is 251 Å². The Kier molecular flexibility index (Phi) is 10.2. The Morgan fingerprint density at radius 2 is 1.70 bits per heavy atom. The van der Waals surface area contributed by atoms with Gasteiger partial charge in [0.25, 0.3) is 0 Å². The van der Waals surface area contributed by atoms with Gasteiger partial charge in [-0.15, -0.1) is 0 Å². The minimum atomic E-state index is -4.03. The van der Waals surface area contributed by atoms with Crippen LogP contribution in [0.25, 0.3) is 0 Å². The van der Waals surface area contributed by atoms with Crippen molar-refractivity contribution < 1.29 is 37.0 Å². The molecule has 11 heteroatoms. The molecule has 0 spiro atoms. The van der Waals surface area contributed by atoms with Crippen LogP contribution < -0.4 is 10.2 Å². The highest BCUT2D eigenvalue weighted by Gasteiger charge is 2.40. The van der Waals surface area contributed by atoms with Crippen molar-refractivity contribution >= 4 is 39.1 Å². The van der Waals surface area contributed by atoms with Crippen LogP contribution in [0.15, 0.2) is 78.9 Å². The number of carbonyl (C=O) groups excluding carboxylic acids is 3. The van der Waals surface area contributed by atoms with Crippen molar-refractivity contribution in [2.45, 2.75) is 45.4 Å². The molecule has 1 heterocycles. The molecule has 0 saturated heterocycles. The van der Waals surface area contributed by atoms with E-state index in [1.807, 2.05) is 42.5 Å². The SMILES string of the molecule is CCOC(=O)c1cccc(NC(=O)CS(=O)(=O)CN2c3ccccc3CC2C(=O)OC(C)(C)COCc2ccccc2)c1. The Hall–Kier alpha value is -4.22. The lowest BCUT2D eigenvalue weighted by Crippen LogP contribution is -2.47. The third kappa shape index (κ3) is 8.89. The number of nitrogens with one attached hydrogen (secondary N) is 1. The second kappa shape index (κ2) is 13.8. The number of carbonyl (C=O) groups is 3. The summed E-state index contributed by atoms with van der Waals surface area (Å²) in [7, 11) is -4.03. The molecule has 1 N–H and O–H groups in total. The number of esters is 2. The van der Waals surface area contributed by atoms with Crippen LogP contribution >= 0.6 is 0 Å². The van der Waals surface area contributed by atoms with Crippen LogP contribution in [0.5, 0.6) is 0 Å². The summed E-state index contributed by atoms with van der Waals surface area (Å²) in [6.45, 7) is 5.85. The number of para-hydroxylation sites is 1. The van der Waals surface area contributed by atoms with E-state index in [0.29, 0.717) is 12.3 Å². The fourth-order valence-corrected chi connectivity index (χ4v) is 6.08. The molecule has 4 rings (SSSR count). The summed E-state index contributed by atoms with van der Waals surface area (Å²) in [5.41, 5.74) is 1.90. The van der Waals surface area contributed by atoms with E-state index in [1.165, 1.54) is 17.0 Å². The van der Waals surface area contributed by atoms with Crippen LogP contribution in [0.3, 0.4) is 0 Å². The number of ether oxygens (including phenoxy) is 3. The van der Waals surface area contributed by atoms with Crippen molar-refractivity contribution in [1.82, 2.24) is 0 Å². The molecular weight excluding hydrogens is 572 g/mol. The van der Waals surface area contributed by atoms with Crippen LogP contribution in [-0.4, -0.2) is 62.7 Å². The summed E-state index contributed by atoms with van der Waals surface area (Å²) >= 11 is 0. The fraction of sp³-hybridized carbons (Fsp3) is 0.344. The molecule has 10 nitrogen and oxygen atoms in total. The van der Waals surface area contributed by atoms with Gasteiger partial charge < -0.3 is 24.4 Å². The first-order chi connectivity index (χ1) is 20.5. The van der Waals surface area contributed by atoms with Gasteiger partial charge >= 0.3 is 11.9 Å². The van der Waals surface area contributed by atoms with E-state index < -0.39 is 51.0 Å². The average Bonchev–Trinajstić information content (AvgIpc) is 3.31. The molecule has 0 fully saturated rings. The molecule has 1 amide bonds. The summed E-state index contributed by atoms with van der Waals surface area (Å²) in [5.74, 6) is -3.30. The number of hydrogen-bond donors (Lipinski definition) is 1. The second-order valence-corrected chi connectivity index (χ2v) is 12.9. The van der Waals surface area contributed by atoms with Gasteiger partial charge in [0.2, 0.25) is 5.91 Å². The van der Waals surface area contributed by atoms with Gasteiger partial charge in [-0.1, -0.05) is 54.6 Å². The Balaban J connectivity index is 1.40. The van der Waals surface area contributed by atoms with Crippen LogP contribution in [0, 0.1) is 0 Å². The zero-order chi connectivity index (χ0) is 31.0. The summed E-state index contributed by atoms with van der Waals surface area (Å²) in [6, 6.07) is 21.9. The molecule has 0 saturated carbocycles. The highest BCUT2D eigenvalue weighted by atomic mass is 32.2. The number of sulfone groups is 1. The minimum Gasteiger partial charge on any atom is -0.462 e. The van der Waals surface area contributed by atoms with Crippen LogP contribution in [-0.2, 0) is 46.7 Å². The van der Waals surface area contributed by atoms with Crippen molar-refractivity contribution in [2.75, 3.05) is 35.1 Å². The van der Waals surface area contributed by atoms with Crippen molar-refractivity contribution in [3.8, 4) is 0 Å². The first-order valence-corrected chi connectivity index (χ1v) is 15.7. The van der Waals surface area contributed by atoms with E-state index in [1.54, 1.807) is 45.0 Å². The highest BCUT2D eigenvalue weighted by molar-refractivity contribution is 7.92. The number of anilines is 2. The lowest BCUT2D eigenvalue weighted by atomic mass is 10.1. The largest absolute Gasteiger partial charge is 0.462 e. The highest BCUT2D eigenvalue weighted by Crippen LogP contribution is 2.34. The quantitative estimate of drug-likeness (QED) is 0.285. The van der Waals surface area contributed by atoms with Gasteiger partial charge in [0.05, 0.1) is 25.4 Å². The van der Waals surface area contributed by atoms with Crippen LogP contribution in [0.4, 0.5) is 11.4 Å². The van der Waals surface area contributed by atoms with E-state index in [2.05, 4.69) is 5.32 Å². The summed E-state index contributed by atoms with van der Waals surface area (Å²) < 4.78 is 43.1. The van der Waals surface area contributed by atoms with Gasteiger partial charge in [-0.3, -0.25) is 4.79 Å². The molecule has 0 radical (unpaired) electrons. The summed E-state index contributed by atoms with van der Waals surface area (Å²) in [5, 5.41) is 2.53. The third-order valence-corrected chi connectivity index (χ3v) is 8.02. The molecule has 1 unspecified atom stereocenters. The molecule has 0 bridgehead atoms. The summed E-state index contributed by atoms with van der Waals surface area (Å²) in [4.78, 5) is 39.6. The van der Waals surface area contributed by atoms with Crippen LogP contribution in [0.2, 0.25) is 0 Å². The van der Waals surface area contributed by atoms with Crippen LogP contribution in [0.1, 0.15) is 42.3 Å². The first kappa shape index (κ1) is 31.7. The second-order valence-electron chi connectivity index (χ2n) is 10.8. The fourth-order valence-electron chi connectivity index (χ4n) is 4.77. The number of hydrogen-bond acceptors (Lipinski definition) is 9. The topological polar surface area (TPSA) is 128 Å². The Morgan fingerprint density at radius 3 is 2.44 bits per heavy atom. The normalized spacial score (nSPS) is 14.6. The third-order valence-electron chi connectivity index (χ3n) is 6.64. The van der Waals surface area contributed by atoms with E-state index >= 15 is 0 Å². The van der Waals surface area contributed by atoms with Gasteiger partial charge in [0.15, 0.2) is 9.84 Å². The Morgan fingerprint density at radius 1 is 0.977 bits per heavy atom. The van der Waals surface area contributed by atoms with E-state index in [-0.39, 0.29) is 30.9 Å². The lowest BCUT2D eigenvalue weighted by molar-refractivity contribution is -0.164. The maximum absolute atomic E-state index is 13.4. The molecule has 3 aromatic rings. The molecule has 228 valence electrons. The molecule has 1 aliphatic heterocycles. The zero-order valence-electron chi connectivity index (χ0n) is 24.4. The average molecular weight is 609 g/mol. The van der Waals surface area contributed by atoms with E-state index in [9.17, 15) is 22.8 Å². The van der Waals surface area contributed by atoms with Crippen molar-refractivity contribution in [3.05, 3.63) is 95.6 Å². The number of nitrogens with zero attached hydrogens (tertiary/aromatic N) is 1. The van der Waals surface area contributed by atoms with Crippen molar-refractivity contribution in [1.29, 1.82) is 0 Å². The molecule has 1 aliphatic rings. The molecule has 0 aromatic heterocycles. The Bertz CT molecular complexity index is 1560. The van der Waals surface area contributed by atoms with Gasteiger partial charge in [0, 0.05) is 17.8 Å². The number of benzene rings is 3. The van der Waals surface area contributed by atoms with Gasteiger partial charge in [-0.05, 0) is 56.2 Å². The number of fused-ring (bicyclic) bond motifs is 1. The first-order valence-electron chi connectivity index (χ1n) is 13.9. The standard InChI is InChI=1S/C32H36N2O8S/c1-4-41-30(36)25-14-10-15-26(17-25)33-29(35)20-43(38,39)22-34-27-16-9-8-13-24(27)18-28(34)31(37)42-32(2,3)21-40-19-23-11-6-5-7-12-23/h5-17,28H,4,18-22H2,1-3H3,(H,33,35). The predicted octanol–water partition coefficient (Wildman–Crippen LogP) is 4.14. The monoisotopic (exact) mass is 608 g/mol. The molecule has 3 aromatic carbocycles. The molecule has 43 heavy (non-hydrogen) atoms. The summed E-state index contributed by atoms with van der Waals surface area (Å²) in [6.07, 6.45) is 0.262. The maximum atomic E-state index is 13.4.